The van der Waals surface area contributed by atoms with Crippen molar-refractivity contribution in [2.75, 3.05) is 13.1 Å². The van der Waals surface area contributed by atoms with E-state index in [-0.39, 0.29) is 18.6 Å². The van der Waals surface area contributed by atoms with Crippen molar-refractivity contribution in [3.8, 4) is 0 Å². The molecule has 2 aromatic carbocycles. The van der Waals surface area contributed by atoms with Crippen LogP contribution in [0.1, 0.15) is 28.6 Å². The Bertz CT molecular complexity index is 1150. The minimum Gasteiger partial charge on any atom is -0.388 e. The van der Waals surface area contributed by atoms with E-state index in [1.165, 1.54) is 0 Å². The van der Waals surface area contributed by atoms with Crippen molar-refractivity contribution < 1.29 is 9.90 Å². The van der Waals surface area contributed by atoms with Crippen LogP contribution in [0.2, 0.25) is 0 Å². The Hall–Kier alpha value is -3.19. The van der Waals surface area contributed by atoms with Gasteiger partial charge in [-0.1, -0.05) is 12.1 Å². The lowest BCUT2D eigenvalue weighted by molar-refractivity contribution is 0.0787. The summed E-state index contributed by atoms with van der Waals surface area (Å²) in [4.78, 5) is 26.6. The lowest BCUT2D eigenvalue weighted by Gasteiger charge is -2.19. The summed E-state index contributed by atoms with van der Waals surface area (Å²) in [5.41, 5.74) is 4.24. The van der Waals surface area contributed by atoms with Gasteiger partial charge in [0.1, 0.15) is 12.4 Å². The molecule has 1 saturated heterocycles. The second-order valence-corrected chi connectivity index (χ2v) is 6.87. The van der Waals surface area contributed by atoms with Crippen molar-refractivity contribution in [2.24, 2.45) is 0 Å². The average Bonchev–Trinajstić information content (AvgIpc) is 3.43. The number of aromatic nitrogens is 4. The van der Waals surface area contributed by atoms with Crippen LogP contribution in [0.3, 0.4) is 0 Å². The molecule has 1 aliphatic rings. The van der Waals surface area contributed by atoms with E-state index in [1.807, 2.05) is 47.4 Å². The number of benzene rings is 2. The molecule has 27 heavy (non-hydrogen) atoms. The molecule has 7 nitrogen and oxygen atoms in total. The van der Waals surface area contributed by atoms with Gasteiger partial charge in [0.2, 0.25) is 0 Å². The van der Waals surface area contributed by atoms with Crippen LogP contribution in [0.15, 0.2) is 48.8 Å². The summed E-state index contributed by atoms with van der Waals surface area (Å²) < 4.78 is 2.08. The predicted octanol–water partition coefficient (Wildman–Crippen LogP) is 2.49. The standard InChI is InChI=1S/C20H19N5O2/c26-11-19-23-16-3-1-2-4-18(16)25(19)14-7-8-24(10-14)20(27)13-5-6-15-17(9-13)22-12-21-15/h1-6,9,12,14,26H,7-8,10-11H2,(H,21,22). The molecule has 1 fully saturated rings. The molecule has 0 bridgehead atoms. The number of nitrogens with zero attached hydrogens (tertiary/aromatic N) is 4. The molecule has 1 amide bonds. The van der Waals surface area contributed by atoms with E-state index in [0.717, 1.165) is 28.5 Å². The van der Waals surface area contributed by atoms with E-state index in [9.17, 15) is 9.90 Å². The van der Waals surface area contributed by atoms with E-state index in [0.29, 0.717) is 24.5 Å². The lowest BCUT2D eigenvalue weighted by atomic mass is 10.2. The molecule has 0 saturated carbocycles. The Labute approximate surface area is 155 Å². The zero-order valence-electron chi connectivity index (χ0n) is 14.7. The number of aliphatic hydroxyl groups excluding tert-OH is 1. The van der Waals surface area contributed by atoms with Crippen molar-refractivity contribution in [3.05, 3.63) is 60.2 Å². The Morgan fingerprint density at radius 1 is 1.22 bits per heavy atom. The van der Waals surface area contributed by atoms with E-state index in [4.69, 9.17) is 0 Å². The van der Waals surface area contributed by atoms with E-state index < -0.39 is 0 Å². The molecule has 1 atom stereocenters. The zero-order chi connectivity index (χ0) is 18.4. The fraction of sp³-hybridized carbons (Fsp3) is 0.250. The highest BCUT2D eigenvalue weighted by Gasteiger charge is 2.30. The summed E-state index contributed by atoms with van der Waals surface area (Å²) >= 11 is 0. The van der Waals surface area contributed by atoms with Gasteiger partial charge >= 0.3 is 0 Å². The number of carbonyl (C=O) groups excluding carboxylic acids is 1. The molecule has 2 aromatic heterocycles. The normalized spacial score (nSPS) is 17.2. The highest BCUT2D eigenvalue weighted by Crippen LogP contribution is 2.29. The fourth-order valence-corrected chi connectivity index (χ4v) is 4.00. The first-order valence-corrected chi connectivity index (χ1v) is 9.03. The highest BCUT2D eigenvalue weighted by atomic mass is 16.3. The van der Waals surface area contributed by atoms with Crippen LogP contribution in [0.4, 0.5) is 0 Å². The minimum absolute atomic E-state index is 0.0176. The van der Waals surface area contributed by atoms with Gasteiger partial charge in [0, 0.05) is 18.7 Å². The number of nitrogens with one attached hydrogen (secondary N) is 1. The third-order valence-electron chi connectivity index (χ3n) is 5.29. The maximum absolute atomic E-state index is 13.0. The predicted molar refractivity (Wildman–Crippen MR) is 101 cm³/mol. The Morgan fingerprint density at radius 3 is 3.00 bits per heavy atom. The van der Waals surface area contributed by atoms with Gasteiger partial charge < -0.3 is 19.6 Å². The molecule has 0 aliphatic carbocycles. The molecule has 5 rings (SSSR count). The minimum atomic E-state index is -0.115. The Kier molecular flexibility index (Phi) is 3.68. The number of aromatic amines is 1. The van der Waals surface area contributed by atoms with Crippen molar-refractivity contribution in [1.29, 1.82) is 0 Å². The van der Waals surface area contributed by atoms with Crippen LogP contribution in [0.25, 0.3) is 22.1 Å². The van der Waals surface area contributed by atoms with Crippen molar-refractivity contribution in [3.63, 3.8) is 0 Å². The summed E-state index contributed by atoms with van der Waals surface area (Å²) in [6.07, 6.45) is 2.47. The van der Waals surface area contributed by atoms with Gasteiger partial charge in [-0.05, 0) is 36.8 Å². The molecule has 1 aliphatic heterocycles. The monoisotopic (exact) mass is 361 g/mol. The molecule has 3 heterocycles. The maximum atomic E-state index is 13.0. The second-order valence-electron chi connectivity index (χ2n) is 6.87. The van der Waals surface area contributed by atoms with Gasteiger partial charge in [0.15, 0.2) is 0 Å². The topological polar surface area (TPSA) is 87.0 Å². The number of amides is 1. The number of aliphatic hydroxyl groups is 1. The van der Waals surface area contributed by atoms with Crippen LogP contribution in [0, 0.1) is 0 Å². The zero-order valence-corrected chi connectivity index (χ0v) is 14.7. The van der Waals surface area contributed by atoms with Crippen molar-refractivity contribution >= 4 is 28.0 Å². The van der Waals surface area contributed by atoms with Crippen LogP contribution in [-0.2, 0) is 6.61 Å². The van der Waals surface area contributed by atoms with Gasteiger partial charge in [0.05, 0.1) is 34.4 Å². The lowest BCUT2D eigenvalue weighted by Crippen LogP contribution is -2.29. The summed E-state index contributed by atoms with van der Waals surface area (Å²) in [5, 5.41) is 9.74. The summed E-state index contributed by atoms with van der Waals surface area (Å²) in [6.45, 7) is 1.17. The molecule has 7 heteroatoms. The number of imidazole rings is 2. The number of rotatable bonds is 3. The number of hydrogen-bond donors (Lipinski definition) is 2. The van der Waals surface area contributed by atoms with Crippen LogP contribution in [-0.4, -0.2) is 48.5 Å². The third-order valence-corrected chi connectivity index (χ3v) is 5.29. The Morgan fingerprint density at radius 2 is 2.11 bits per heavy atom. The molecule has 136 valence electrons. The molecular weight excluding hydrogens is 342 g/mol. The molecule has 0 radical (unpaired) electrons. The first kappa shape index (κ1) is 16.0. The number of likely N-dealkylation sites (tertiary alicyclic amines) is 1. The first-order valence-electron chi connectivity index (χ1n) is 9.03. The van der Waals surface area contributed by atoms with Gasteiger partial charge in [-0.15, -0.1) is 0 Å². The van der Waals surface area contributed by atoms with Crippen molar-refractivity contribution in [1.82, 2.24) is 24.4 Å². The fourth-order valence-electron chi connectivity index (χ4n) is 4.00. The number of fused-ring (bicyclic) bond motifs is 2. The maximum Gasteiger partial charge on any atom is 0.254 e. The van der Waals surface area contributed by atoms with Gasteiger partial charge in [-0.3, -0.25) is 4.79 Å². The summed E-state index contributed by atoms with van der Waals surface area (Å²) in [7, 11) is 0. The number of hydrogen-bond acceptors (Lipinski definition) is 4. The van der Waals surface area contributed by atoms with Gasteiger partial charge in [0.25, 0.3) is 5.91 Å². The third kappa shape index (κ3) is 2.59. The van der Waals surface area contributed by atoms with Gasteiger partial charge in [-0.25, -0.2) is 9.97 Å². The number of H-pyrrole nitrogens is 1. The largest absolute Gasteiger partial charge is 0.388 e. The molecule has 2 N–H and O–H groups in total. The molecule has 0 spiro atoms. The SMILES string of the molecule is O=C(c1ccc2nc[nH]c2c1)N1CCC(n2c(CO)nc3ccccc32)C1. The van der Waals surface area contributed by atoms with Gasteiger partial charge in [-0.2, -0.15) is 0 Å². The molecule has 1 unspecified atom stereocenters. The van der Waals surface area contributed by atoms with Crippen molar-refractivity contribution in [2.45, 2.75) is 19.1 Å². The second kappa shape index (κ2) is 6.21. The molecule has 4 aromatic rings. The van der Waals surface area contributed by atoms with E-state index >= 15 is 0 Å². The van der Waals surface area contributed by atoms with Crippen LogP contribution in [0.5, 0.6) is 0 Å². The number of para-hydroxylation sites is 2. The smallest absolute Gasteiger partial charge is 0.254 e. The van der Waals surface area contributed by atoms with Crippen LogP contribution >= 0.6 is 0 Å². The quantitative estimate of drug-likeness (QED) is 0.587. The van der Waals surface area contributed by atoms with Crippen LogP contribution < -0.4 is 0 Å². The summed E-state index contributed by atoms with van der Waals surface area (Å²) in [6, 6.07) is 13.5. The molecular formula is C20H19N5O2. The van der Waals surface area contributed by atoms with E-state index in [1.54, 1.807) is 6.33 Å². The highest BCUT2D eigenvalue weighted by molar-refractivity contribution is 5.97. The summed E-state index contributed by atoms with van der Waals surface area (Å²) in [5.74, 6) is 0.665. The average molecular weight is 361 g/mol. The first-order chi connectivity index (χ1) is 13.2. The van der Waals surface area contributed by atoms with E-state index in [2.05, 4.69) is 19.5 Å². The Balaban J connectivity index is 1.43. The number of carbonyl (C=O) groups is 1.